The highest BCUT2D eigenvalue weighted by molar-refractivity contribution is 5.76. The normalized spacial score (nSPS) is 22.8. The van der Waals surface area contributed by atoms with E-state index in [2.05, 4.69) is 4.74 Å². The van der Waals surface area contributed by atoms with Crippen molar-refractivity contribution in [2.75, 3.05) is 19.7 Å². The molecule has 1 heterocycles. The van der Waals surface area contributed by atoms with Crippen LogP contribution in [0.4, 0.5) is 13.2 Å². The summed E-state index contributed by atoms with van der Waals surface area (Å²) in [4.78, 5) is 13.1. The lowest BCUT2D eigenvalue weighted by Crippen LogP contribution is -2.39. The number of carbonyl (C=O) groups is 1. The van der Waals surface area contributed by atoms with Crippen molar-refractivity contribution in [1.82, 2.24) is 4.90 Å². The van der Waals surface area contributed by atoms with Crippen LogP contribution in [0.1, 0.15) is 39.0 Å². The lowest BCUT2D eigenvalue weighted by Gasteiger charge is -2.29. The molecular weight excluding hydrogens is 247 g/mol. The molecule has 1 aliphatic heterocycles. The molecule has 6 heteroatoms. The monoisotopic (exact) mass is 267 g/mol. The van der Waals surface area contributed by atoms with Crippen molar-refractivity contribution >= 4 is 5.78 Å². The largest absolute Gasteiger partial charge is 0.522 e. The number of Topliss-reactive ketones (excluding diaryl/α,β-unsaturated/α-hetero) is 1. The van der Waals surface area contributed by atoms with Gasteiger partial charge in [-0.15, -0.1) is 13.2 Å². The Labute approximate surface area is 105 Å². The highest BCUT2D eigenvalue weighted by Crippen LogP contribution is 2.20. The molecule has 0 aromatic heterocycles. The van der Waals surface area contributed by atoms with E-state index in [0.29, 0.717) is 6.42 Å². The molecule has 0 amide bonds. The fourth-order valence-corrected chi connectivity index (χ4v) is 2.37. The van der Waals surface area contributed by atoms with E-state index in [1.165, 1.54) is 6.92 Å². The molecule has 0 aromatic rings. The van der Waals surface area contributed by atoms with Gasteiger partial charge in [-0.1, -0.05) is 12.8 Å². The minimum absolute atomic E-state index is 0.0711. The van der Waals surface area contributed by atoms with E-state index < -0.39 is 6.36 Å². The van der Waals surface area contributed by atoms with Crippen molar-refractivity contribution in [3.05, 3.63) is 0 Å². The SMILES string of the molecule is CC(=O)CC1CCCCCN1CCOC(F)(F)F. The highest BCUT2D eigenvalue weighted by Gasteiger charge is 2.30. The van der Waals surface area contributed by atoms with Crippen molar-refractivity contribution < 1.29 is 22.7 Å². The Bertz CT molecular complexity index is 269. The Morgan fingerprint density at radius 1 is 1.33 bits per heavy atom. The van der Waals surface area contributed by atoms with Gasteiger partial charge in [-0.05, 0) is 26.3 Å². The molecule has 1 saturated heterocycles. The zero-order chi connectivity index (χ0) is 13.6. The third kappa shape index (κ3) is 6.35. The second-order valence-corrected chi connectivity index (χ2v) is 4.74. The molecule has 18 heavy (non-hydrogen) atoms. The number of ketones is 1. The summed E-state index contributed by atoms with van der Waals surface area (Å²) in [6.07, 6.45) is -0.181. The molecule has 1 rings (SSSR count). The molecular formula is C12H20F3NO2. The van der Waals surface area contributed by atoms with E-state index in [0.717, 1.165) is 32.2 Å². The molecule has 0 spiro atoms. The van der Waals surface area contributed by atoms with Crippen LogP contribution in [-0.2, 0) is 9.53 Å². The number of hydrogen-bond acceptors (Lipinski definition) is 3. The number of carbonyl (C=O) groups excluding carboxylic acids is 1. The van der Waals surface area contributed by atoms with Crippen LogP contribution in [0.2, 0.25) is 0 Å². The number of halogens is 3. The van der Waals surface area contributed by atoms with Gasteiger partial charge < -0.3 is 0 Å². The third-order valence-corrected chi connectivity index (χ3v) is 3.17. The van der Waals surface area contributed by atoms with E-state index in [9.17, 15) is 18.0 Å². The molecule has 0 radical (unpaired) electrons. The van der Waals surface area contributed by atoms with Crippen molar-refractivity contribution in [1.29, 1.82) is 0 Å². The van der Waals surface area contributed by atoms with Gasteiger partial charge in [0.15, 0.2) is 0 Å². The predicted molar refractivity (Wildman–Crippen MR) is 61.1 cm³/mol. The Morgan fingerprint density at radius 2 is 2.06 bits per heavy atom. The first-order chi connectivity index (χ1) is 8.38. The zero-order valence-corrected chi connectivity index (χ0v) is 10.6. The quantitative estimate of drug-likeness (QED) is 0.767. The summed E-state index contributed by atoms with van der Waals surface area (Å²) in [6, 6.07) is 0.0711. The minimum atomic E-state index is -4.57. The van der Waals surface area contributed by atoms with Crippen LogP contribution in [0.3, 0.4) is 0 Å². The highest BCUT2D eigenvalue weighted by atomic mass is 19.4. The van der Waals surface area contributed by atoms with Gasteiger partial charge >= 0.3 is 6.36 Å². The second-order valence-electron chi connectivity index (χ2n) is 4.74. The summed E-state index contributed by atoms with van der Waals surface area (Å²) in [5, 5.41) is 0. The number of ether oxygens (including phenoxy) is 1. The van der Waals surface area contributed by atoms with Gasteiger partial charge in [0.1, 0.15) is 5.78 Å². The van der Waals surface area contributed by atoms with Crippen LogP contribution in [0, 0.1) is 0 Å². The molecule has 0 aliphatic carbocycles. The number of nitrogens with zero attached hydrogens (tertiary/aromatic N) is 1. The standard InChI is InChI=1S/C12H20F3NO2/c1-10(17)9-11-5-3-2-4-6-16(11)7-8-18-12(13,14)15/h11H,2-9H2,1H3. The smallest absolute Gasteiger partial charge is 0.300 e. The first-order valence-corrected chi connectivity index (χ1v) is 6.32. The van der Waals surface area contributed by atoms with Crippen molar-refractivity contribution in [3.63, 3.8) is 0 Å². The summed E-state index contributed by atoms with van der Waals surface area (Å²) in [6.45, 7) is 2.14. The van der Waals surface area contributed by atoms with Crippen LogP contribution in [0.5, 0.6) is 0 Å². The summed E-state index contributed by atoms with van der Waals surface area (Å²) >= 11 is 0. The fourth-order valence-electron chi connectivity index (χ4n) is 2.37. The van der Waals surface area contributed by atoms with Crippen LogP contribution in [-0.4, -0.2) is 42.8 Å². The van der Waals surface area contributed by atoms with Gasteiger partial charge in [-0.2, -0.15) is 0 Å². The molecule has 1 unspecified atom stereocenters. The van der Waals surface area contributed by atoms with Crippen LogP contribution >= 0.6 is 0 Å². The molecule has 1 atom stereocenters. The molecule has 0 saturated carbocycles. The Morgan fingerprint density at radius 3 is 2.67 bits per heavy atom. The van der Waals surface area contributed by atoms with Gasteiger partial charge in [-0.3, -0.25) is 14.4 Å². The molecule has 0 bridgehead atoms. The number of hydrogen-bond donors (Lipinski definition) is 0. The van der Waals surface area contributed by atoms with Gasteiger partial charge in [0.25, 0.3) is 0 Å². The average Bonchev–Trinajstić information content (AvgIpc) is 2.42. The molecule has 0 aromatic carbocycles. The summed E-state index contributed by atoms with van der Waals surface area (Å²) < 4.78 is 39.5. The maximum atomic E-state index is 11.9. The second kappa shape index (κ2) is 7.09. The first-order valence-electron chi connectivity index (χ1n) is 6.32. The van der Waals surface area contributed by atoms with Gasteiger partial charge in [0, 0.05) is 19.0 Å². The van der Waals surface area contributed by atoms with Crippen molar-refractivity contribution in [2.45, 2.75) is 51.4 Å². The molecule has 3 nitrogen and oxygen atoms in total. The van der Waals surface area contributed by atoms with E-state index in [-0.39, 0.29) is 25.0 Å². The van der Waals surface area contributed by atoms with Crippen molar-refractivity contribution in [2.24, 2.45) is 0 Å². The topological polar surface area (TPSA) is 29.5 Å². The molecule has 1 fully saturated rings. The van der Waals surface area contributed by atoms with E-state index in [4.69, 9.17) is 0 Å². The predicted octanol–water partition coefficient (Wildman–Crippen LogP) is 2.75. The van der Waals surface area contributed by atoms with Gasteiger partial charge in [0.2, 0.25) is 0 Å². The molecule has 0 N–H and O–H groups in total. The number of alkyl halides is 3. The van der Waals surface area contributed by atoms with E-state index in [1.54, 1.807) is 0 Å². The third-order valence-electron chi connectivity index (χ3n) is 3.17. The average molecular weight is 267 g/mol. The Balaban J connectivity index is 2.43. The Kier molecular flexibility index (Phi) is 6.08. The minimum Gasteiger partial charge on any atom is -0.300 e. The van der Waals surface area contributed by atoms with Crippen LogP contribution in [0.25, 0.3) is 0 Å². The molecule has 1 aliphatic rings. The maximum Gasteiger partial charge on any atom is 0.522 e. The lowest BCUT2D eigenvalue weighted by atomic mass is 10.0. The first kappa shape index (κ1) is 15.4. The van der Waals surface area contributed by atoms with Gasteiger partial charge in [0.05, 0.1) is 6.61 Å². The lowest BCUT2D eigenvalue weighted by molar-refractivity contribution is -0.325. The van der Waals surface area contributed by atoms with Gasteiger partial charge in [-0.25, -0.2) is 0 Å². The van der Waals surface area contributed by atoms with E-state index in [1.807, 2.05) is 4.90 Å². The van der Waals surface area contributed by atoms with Crippen LogP contribution in [0.15, 0.2) is 0 Å². The zero-order valence-electron chi connectivity index (χ0n) is 10.6. The summed E-state index contributed by atoms with van der Waals surface area (Å²) in [5.41, 5.74) is 0. The summed E-state index contributed by atoms with van der Waals surface area (Å²) in [7, 11) is 0. The fraction of sp³-hybridized carbons (Fsp3) is 0.917. The van der Waals surface area contributed by atoms with Crippen molar-refractivity contribution in [3.8, 4) is 0 Å². The Hall–Kier alpha value is -0.620. The number of likely N-dealkylation sites (tertiary alicyclic amines) is 1. The summed E-state index contributed by atoms with van der Waals surface area (Å²) in [5.74, 6) is 0.0867. The van der Waals surface area contributed by atoms with Crippen LogP contribution < -0.4 is 0 Å². The van der Waals surface area contributed by atoms with E-state index >= 15 is 0 Å². The number of rotatable bonds is 5. The molecule has 106 valence electrons. The maximum absolute atomic E-state index is 11.9.